The van der Waals surface area contributed by atoms with Gasteiger partial charge in [0, 0.05) is 11.8 Å². The third-order valence-corrected chi connectivity index (χ3v) is 4.24. The Balaban J connectivity index is 1.98. The Morgan fingerprint density at radius 3 is 2.77 bits per heavy atom. The molecule has 3 heteroatoms. The molecule has 0 heterocycles. The molecular formula is C10H15NO2. The SMILES string of the molecule is O/N=C1\[C@H]2C[C@H]3C[C@@H](C2)[C@@H](O)[C@H]1C3. The van der Waals surface area contributed by atoms with Gasteiger partial charge < -0.3 is 10.3 Å². The van der Waals surface area contributed by atoms with E-state index in [2.05, 4.69) is 5.16 Å². The van der Waals surface area contributed by atoms with Crippen molar-refractivity contribution in [3.63, 3.8) is 0 Å². The van der Waals surface area contributed by atoms with Crippen molar-refractivity contribution in [1.82, 2.24) is 0 Å². The van der Waals surface area contributed by atoms with Gasteiger partial charge in [0.25, 0.3) is 0 Å². The van der Waals surface area contributed by atoms with E-state index in [1.54, 1.807) is 0 Å². The summed E-state index contributed by atoms with van der Waals surface area (Å²) in [5, 5.41) is 22.2. The van der Waals surface area contributed by atoms with Gasteiger partial charge in [0.05, 0.1) is 11.8 Å². The van der Waals surface area contributed by atoms with E-state index in [1.165, 1.54) is 12.8 Å². The Morgan fingerprint density at radius 2 is 2.00 bits per heavy atom. The molecule has 5 atom stereocenters. The molecule has 4 saturated carbocycles. The van der Waals surface area contributed by atoms with Crippen LogP contribution in [-0.4, -0.2) is 22.1 Å². The van der Waals surface area contributed by atoms with E-state index in [-0.39, 0.29) is 12.0 Å². The molecule has 0 aromatic carbocycles. The van der Waals surface area contributed by atoms with E-state index in [9.17, 15) is 5.11 Å². The Morgan fingerprint density at radius 1 is 1.15 bits per heavy atom. The van der Waals surface area contributed by atoms with Crippen LogP contribution in [0.1, 0.15) is 25.7 Å². The van der Waals surface area contributed by atoms with E-state index in [0.29, 0.717) is 11.8 Å². The van der Waals surface area contributed by atoms with E-state index in [0.717, 1.165) is 24.5 Å². The number of aliphatic hydroxyl groups is 1. The first-order valence-electron chi connectivity index (χ1n) is 5.19. The summed E-state index contributed by atoms with van der Waals surface area (Å²) in [6, 6.07) is 0. The lowest BCUT2D eigenvalue weighted by atomic mass is 9.54. The molecule has 0 radical (unpaired) electrons. The zero-order chi connectivity index (χ0) is 9.00. The van der Waals surface area contributed by atoms with Crippen molar-refractivity contribution in [2.45, 2.75) is 31.8 Å². The van der Waals surface area contributed by atoms with Crippen molar-refractivity contribution in [1.29, 1.82) is 0 Å². The highest BCUT2D eigenvalue weighted by Gasteiger charge is 2.51. The molecule has 0 aromatic heterocycles. The molecule has 0 amide bonds. The van der Waals surface area contributed by atoms with Gasteiger partial charge in [0.2, 0.25) is 0 Å². The molecule has 4 bridgehead atoms. The second kappa shape index (κ2) is 2.47. The van der Waals surface area contributed by atoms with Crippen molar-refractivity contribution in [2.24, 2.45) is 28.8 Å². The van der Waals surface area contributed by atoms with Gasteiger partial charge in [-0.15, -0.1) is 0 Å². The summed E-state index contributed by atoms with van der Waals surface area (Å²) in [4.78, 5) is 0. The third-order valence-electron chi connectivity index (χ3n) is 4.24. The molecule has 4 aliphatic carbocycles. The van der Waals surface area contributed by atoms with Crippen molar-refractivity contribution in [2.75, 3.05) is 0 Å². The number of oxime groups is 1. The number of aliphatic hydroxyl groups excluding tert-OH is 1. The van der Waals surface area contributed by atoms with Crippen LogP contribution in [0.3, 0.4) is 0 Å². The molecule has 0 spiro atoms. The number of rotatable bonds is 0. The normalized spacial score (nSPS) is 56.1. The molecule has 4 fully saturated rings. The lowest BCUT2D eigenvalue weighted by Gasteiger charge is -2.52. The first-order valence-corrected chi connectivity index (χ1v) is 5.19. The summed E-state index contributed by atoms with van der Waals surface area (Å²) in [5.74, 6) is 1.95. The first kappa shape index (κ1) is 7.80. The highest BCUT2D eigenvalue weighted by molar-refractivity contribution is 5.90. The average Bonchev–Trinajstić information content (AvgIpc) is 2.13. The molecule has 4 rings (SSSR count). The van der Waals surface area contributed by atoms with E-state index in [1.807, 2.05) is 0 Å². The van der Waals surface area contributed by atoms with Crippen molar-refractivity contribution in [3.05, 3.63) is 0 Å². The highest BCUT2D eigenvalue weighted by atomic mass is 16.4. The van der Waals surface area contributed by atoms with Gasteiger partial charge in [-0.1, -0.05) is 5.16 Å². The molecule has 0 aliphatic heterocycles. The molecular weight excluding hydrogens is 166 g/mol. The predicted octanol–water partition coefficient (Wildman–Crippen LogP) is 1.24. The Hall–Kier alpha value is -0.570. The smallest absolute Gasteiger partial charge is 0.0658 e. The summed E-state index contributed by atoms with van der Waals surface area (Å²) in [6.45, 7) is 0. The van der Waals surface area contributed by atoms with Gasteiger partial charge in [0.15, 0.2) is 0 Å². The lowest BCUT2D eigenvalue weighted by Crippen LogP contribution is -2.53. The van der Waals surface area contributed by atoms with Crippen LogP contribution in [0.15, 0.2) is 5.16 Å². The minimum absolute atomic E-state index is 0.182. The largest absolute Gasteiger partial charge is 0.411 e. The fourth-order valence-electron chi connectivity index (χ4n) is 3.78. The van der Waals surface area contributed by atoms with Gasteiger partial charge in [-0.05, 0) is 37.5 Å². The zero-order valence-corrected chi connectivity index (χ0v) is 7.56. The van der Waals surface area contributed by atoms with Gasteiger partial charge in [0.1, 0.15) is 0 Å². The maximum Gasteiger partial charge on any atom is 0.0658 e. The fraction of sp³-hybridized carbons (Fsp3) is 0.900. The van der Waals surface area contributed by atoms with Gasteiger partial charge in [-0.3, -0.25) is 0 Å². The van der Waals surface area contributed by atoms with Crippen LogP contribution >= 0.6 is 0 Å². The molecule has 3 nitrogen and oxygen atoms in total. The molecule has 13 heavy (non-hydrogen) atoms. The molecule has 4 aliphatic rings. The molecule has 0 aromatic rings. The summed E-state index contributed by atoms with van der Waals surface area (Å²) in [7, 11) is 0. The van der Waals surface area contributed by atoms with Crippen LogP contribution < -0.4 is 0 Å². The van der Waals surface area contributed by atoms with Crippen molar-refractivity contribution >= 4 is 5.71 Å². The molecule has 0 saturated heterocycles. The van der Waals surface area contributed by atoms with Crippen molar-refractivity contribution < 1.29 is 10.3 Å². The minimum Gasteiger partial charge on any atom is -0.411 e. The van der Waals surface area contributed by atoms with Crippen LogP contribution in [0.25, 0.3) is 0 Å². The summed E-state index contributed by atoms with van der Waals surface area (Å²) < 4.78 is 0. The van der Waals surface area contributed by atoms with Crippen LogP contribution in [0, 0.1) is 23.7 Å². The fourth-order valence-corrected chi connectivity index (χ4v) is 3.78. The number of nitrogens with zero attached hydrogens (tertiary/aromatic N) is 1. The lowest BCUT2D eigenvalue weighted by molar-refractivity contribution is -0.0341. The van der Waals surface area contributed by atoms with Crippen LogP contribution in [-0.2, 0) is 0 Å². The maximum absolute atomic E-state index is 9.94. The van der Waals surface area contributed by atoms with E-state index >= 15 is 0 Å². The Labute approximate surface area is 77.4 Å². The minimum atomic E-state index is -0.223. The van der Waals surface area contributed by atoms with Crippen LogP contribution in [0.2, 0.25) is 0 Å². The standard InChI is InChI=1S/C10H15NO2/c12-10-7-2-5-1-6(4-7)9(11-13)8(10)3-5/h5-8,10,12-13H,1-4H2/b11-9+/t5-,6-,7-,8-,10+/m0/s1. The summed E-state index contributed by atoms with van der Waals surface area (Å²) >= 11 is 0. The van der Waals surface area contributed by atoms with Crippen molar-refractivity contribution in [3.8, 4) is 0 Å². The Bertz CT molecular complexity index is 264. The third kappa shape index (κ3) is 0.909. The number of hydrogen-bond acceptors (Lipinski definition) is 3. The molecule has 0 unspecified atom stereocenters. The summed E-state index contributed by atoms with van der Waals surface area (Å²) in [5.41, 5.74) is 0.889. The highest BCUT2D eigenvalue weighted by Crippen LogP contribution is 2.52. The second-order valence-corrected chi connectivity index (χ2v) is 4.89. The first-order chi connectivity index (χ1) is 6.29. The van der Waals surface area contributed by atoms with Gasteiger partial charge >= 0.3 is 0 Å². The second-order valence-electron chi connectivity index (χ2n) is 4.89. The van der Waals surface area contributed by atoms with Crippen LogP contribution in [0.4, 0.5) is 0 Å². The summed E-state index contributed by atoms with van der Waals surface area (Å²) in [6.07, 6.45) is 4.27. The monoisotopic (exact) mass is 181 g/mol. The zero-order valence-electron chi connectivity index (χ0n) is 7.56. The average molecular weight is 181 g/mol. The predicted molar refractivity (Wildman–Crippen MR) is 47.7 cm³/mol. The van der Waals surface area contributed by atoms with E-state index < -0.39 is 0 Å². The maximum atomic E-state index is 9.94. The Kier molecular flexibility index (Phi) is 1.48. The number of hydrogen-bond donors (Lipinski definition) is 2. The molecule has 2 N–H and O–H groups in total. The van der Waals surface area contributed by atoms with Gasteiger partial charge in [-0.25, -0.2) is 0 Å². The van der Waals surface area contributed by atoms with Gasteiger partial charge in [-0.2, -0.15) is 0 Å². The topological polar surface area (TPSA) is 52.8 Å². The van der Waals surface area contributed by atoms with E-state index in [4.69, 9.17) is 5.21 Å². The molecule has 72 valence electrons. The quantitative estimate of drug-likeness (QED) is 0.436. The van der Waals surface area contributed by atoms with Crippen LogP contribution in [0.5, 0.6) is 0 Å².